The summed E-state index contributed by atoms with van der Waals surface area (Å²) in [4.78, 5) is 17.2. The van der Waals surface area contributed by atoms with E-state index < -0.39 is 0 Å². The Hall–Kier alpha value is -2.33. The fourth-order valence-electron chi connectivity index (χ4n) is 3.75. The first-order valence-electron chi connectivity index (χ1n) is 10.9. The van der Waals surface area contributed by atoms with Crippen LogP contribution in [0.15, 0.2) is 48.5 Å². The lowest BCUT2D eigenvalue weighted by Gasteiger charge is -2.35. The van der Waals surface area contributed by atoms with Crippen LogP contribution in [0.4, 0.5) is 0 Å². The van der Waals surface area contributed by atoms with Crippen molar-refractivity contribution in [1.82, 2.24) is 9.80 Å². The van der Waals surface area contributed by atoms with E-state index in [1.54, 1.807) is 0 Å². The van der Waals surface area contributed by atoms with Crippen molar-refractivity contribution in [2.45, 2.75) is 39.5 Å². The van der Waals surface area contributed by atoms with E-state index in [0.717, 1.165) is 75.5 Å². The van der Waals surface area contributed by atoms with Gasteiger partial charge in [0.1, 0.15) is 5.75 Å². The second kappa shape index (κ2) is 11.0. The second-order valence-electron chi connectivity index (χ2n) is 7.94. The van der Waals surface area contributed by atoms with Crippen LogP contribution in [0, 0.1) is 6.92 Å². The maximum Gasteiger partial charge on any atom is 0.227 e. The molecule has 0 atom stereocenters. The minimum atomic E-state index is 0.228. The van der Waals surface area contributed by atoms with Crippen LogP contribution in [0.2, 0.25) is 0 Å². The van der Waals surface area contributed by atoms with Gasteiger partial charge in [0.2, 0.25) is 5.91 Å². The fourth-order valence-corrected chi connectivity index (χ4v) is 3.75. The predicted octanol–water partition coefficient (Wildman–Crippen LogP) is 4.10. The summed E-state index contributed by atoms with van der Waals surface area (Å²) in [5.41, 5.74) is 3.56. The quantitative estimate of drug-likeness (QED) is 0.600. The number of hydrogen-bond donors (Lipinski definition) is 0. The number of nitrogens with zero attached hydrogens (tertiary/aromatic N) is 2. The molecule has 0 N–H and O–H groups in total. The lowest BCUT2D eigenvalue weighted by molar-refractivity contribution is -0.132. The van der Waals surface area contributed by atoms with Crippen molar-refractivity contribution < 1.29 is 9.53 Å². The smallest absolute Gasteiger partial charge is 0.227 e. The molecule has 2 aromatic rings. The van der Waals surface area contributed by atoms with E-state index in [0.29, 0.717) is 6.42 Å². The predicted molar refractivity (Wildman–Crippen MR) is 118 cm³/mol. The monoisotopic (exact) mass is 394 g/mol. The third kappa shape index (κ3) is 6.60. The van der Waals surface area contributed by atoms with E-state index in [4.69, 9.17) is 4.74 Å². The molecule has 156 valence electrons. The van der Waals surface area contributed by atoms with E-state index in [1.165, 1.54) is 5.56 Å². The van der Waals surface area contributed by atoms with Crippen LogP contribution in [0.5, 0.6) is 5.75 Å². The molecule has 1 aliphatic rings. The molecule has 0 bridgehead atoms. The Balaban J connectivity index is 1.43. The van der Waals surface area contributed by atoms with Crippen molar-refractivity contribution in [2.24, 2.45) is 0 Å². The van der Waals surface area contributed by atoms with Gasteiger partial charge in [-0.2, -0.15) is 0 Å². The van der Waals surface area contributed by atoms with Gasteiger partial charge in [0.15, 0.2) is 0 Å². The summed E-state index contributed by atoms with van der Waals surface area (Å²) in [6, 6.07) is 16.7. The lowest BCUT2D eigenvalue weighted by atomic mass is 10.1. The minimum Gasteiger partial charge on any atom is -0.493 e. The Morgan fingerprint density at radius 1 is 1.00 bits per heavy atom. The molecule has 4 nitrogen and oxygen atoms in total. The summed E-state index contributed by atoms with van der Waals surface area (Å²) >= 11 is 0. The molecule has 4 heteroatoms. The van der Waals surface area contributed by atoms with Crippen LogP contribution < -0.4 is 4.74 Å². The first-order chi connectivity index (χ1) is 14.2. The average molecular weight is 395 g/mol. The molecule has 1 fully saturated rings. The van der Waals surface area contributed by atoms with Crippen molar-refractivity contribution in [3.63, 3.8) is 0 Å². The van der Waals surface area contributed by atoms with Gasteiger partial charge in [-0.05, 0) is 42.5 Å². The number of ether oxygens (including phenoxy) is 1. The molecule has 0 unspecified atom stereocenters. The standard InChI is InChI=1S/C25H34N2O2/c1-3-4-18-29-24-11-10-23(19-21(24)2)20-25(28)27-16-14-26(15-17-27)13-12-22-8-6-5-7-9-22/h5-11,19H,3-4,12-18,20H2,1-2H3. The number of aryl methyl sites for hydroxylation is 1. The van der Waals surface area contributed by atoms with E-state index in [1.807, 2.05) is 17.0 Å². The summed E-state index contributed by atoms with van der Waals surface area (Å²) in [5, 5.41) is 0. The summed E-state index contributed by atoms with van der Waals surface area (Å²) in [5.74, 6) is 1.16. The van der Waals surface area contributed by atoms with Crippen molar-refractivity contribution in [1.29, 1.82) is 0 Å². The van der Waals surface area contributed by atoms with Gasteiger partial charge in [-0.3, -0.25) is 9.69 Å². The zero-order chi connectivity index (χ0) is 20.5. The maximum absolute atomic E-state index is 12.7. The Morgan fingerprint density at radius 3 is 2.45 bits per heavy atom. The van der Waals surface area contributed by atoms with E-state index in [-0.39, 0.29) is 5.91 Å². The molecule has 0 saturated carbocycles. The molecular weight excluding hydrogens is 360 g/mol. The van der Waals surface area contributed by atoms with Crippen molar-refractivity contribution in [3.8, 4) is 5.75 Å². The molecule has 1 aliphatic heterocycles. The number of carbonyl (C=O) groups excluding carboxylic acids is 1. The van der Waals surface area contributed by atoms with Gasteiger partial charge in [0.05, 0.1) is 13.0 Å². The number of piperazine rings is 1. The van der Waals surface area contributed by atoms with E-state index in [2.05, 4.69) is 55.1 Å². The highest BCUT2D eigenvalue weighted by Crippen LogP contribution is 2.20. The molecule has 3 rings (SSSR count). The summed E-state index contributed by atoms with van der Waals surface area (Å²) in [7, 11) is 0. The lowest BCUT2D eigenvalue weighted by Crippen LogP contribution is -2.49. The second-order valence-corrected chi connectivity index (χ2v) is 7.94. The molecule has 1 heterocycles. The highest BCUT2D eigenvalue weighted by Gasteiger charge is 2.21. The number of hydrogen-bond acceptors (Lipinski definition) is 3. The van der Waals surface area contributed by atoms with Gasteiger partial charge < -0.3 is 9.64 Å². The Bertz CT molecular complexity index is 768. The number of amides is 1. The van der Waals surface area contributed by atoms with Crippen molar-refractivity contribution in [2.75, 3.05) is 39.3 Å². The van der Waals surface area contributed by atoms with Gasteiger partial charge >= 0.3 is 0 Å². The highest BCUT2D eigenvalue weighted by atomic mass is 16.5. The molecule has 2 aromatic carbocycles. The van der Waals surface area contributed by atoms with Crippen LogP contribution in [0.25, 0.3) is 0 Å². The molecule has 0 radical (unpaired) electrons. The molecule has 29 heavy (non-hydrogen) atoms. The molecule has 0 spiro atoms. The SMILES string of the molecule is CCCCOc1ccc(CC(=O)N2CCN(CCc3ccccc3)CC2)cc1C. The van der Waals surface area contributed by atoms with Gasteiger partial charge in [0.25, 0.3) is 0 Å². The molecule has 1 saturated heterocycles. The summed E-state index contributed by atoms with van der Waals surface area (Å²) in [6.07, 6.45) is 3.74. The highest BCUT2D eigenvalue weighted by molar-refractivity contribution is 5.79. The largest absolute Gasteiger partial charge is 0.493 e. The average Bonchev–Trinajstić information content (AvgIpc) is 2.75. The first-order valence-corrected chi connectivity index (χ1v) is 10.9. The van der Waals surface area contributed by atoms with Crippen LogP contribution in [-0.4, -0.2) is 55.0 Å². The van der Waals surface area contributed by atoms with Gasteiger partial charge in [-0.25, -0.2) is 0 Å². The number of rotatable bonds is 9. The normalized spacial score (nSPS) is 14.8. The van der Waals surface area contributed by atoms with Crippen LogP contribution in [0.1, 0.15) is 36.5 Å². The van der Waals surface area contributed by atoms with Crippen LogP contribution >= 0.6 is 0 Å². The number of unbranched alkanes of at least 4 members (excludes halogenated alkanes) is 1. The molecule has 0 aromatic heterocycles. The summed E-state index contributed by atoms with van der Waals surface area (Å²) in [6.45, 7) is 9.60. The van der Waals surface area contributed by atoms with Gasteiger partial charge in [-0.1, -0.05) is 55.8 Å². The van der Waals surface area contributed by atoms with Crippen LogP contribution in [0.3, 0.4) is 0 Å². The zero-order valence-electron chi connectivity index (χ0n) is 17.9. The topological polar surface area (TPSA) is 32.8 Å². The first kappa shape index (κ1) is 21.4. The van der Waals surface area contributed by atoms with Crippen LogP contribution in [-0.2, 0) is 17.6 Å². The molecule has 1 amide bonds. The third-order valence-corrected chi connectivity index (χ3v) is 5.63. The van der Waals surface area contributed by atoms with Gasteiger partial charge in [0, 0.05) is 32.7 Å². The molecular formula is C25H34N2O2. The van der Waals surface area contributed by atoms with E-state index in [9.17, 15) is 4.79 Å². The fraction of sp³-hybridized carbons (Fsp3) is 0.480. The molecule has 0 aliphatic carbocycles. The Labute approximate surface area is 175 Å². The number of benzene rings is 2. The Kier molecular flexibility index (Phi) is 8.12. The van der Waals surface area contributed by atoms with Crippen molar-refractivity contribution in [3.05, 3.63) is 65.2 Å². The third-order valence-electron chi connectivity index (χ3n) is 5.63. The maximum atomic E-state index is 12.7. The summed E-state index contributed by atoms with van der Waals surface area (Å²) < 4.78 is 5.82. The zero-order valence-corrected chi connectivity index (χ0v) is 17.9. The van der Waals surface area contributed by atoms with Gasteiger partial charge in [-0.15, -0.1) is 0 Å². The van der Waals surface area contributed by atoms with Crippen molar-refractivity contribution >= 4 is 5.91 Å². The minimum absolute atomic E-state index is 0.228. The Morgan fingerprint density at radius 2 is 1.76 bits per heavy atom. The van der Waals surface area contributed by atoms with E-state index >= 15 is 0 Å². The number of carbonyl (C=O) groups is 1.